The average molecular weight is 373 g/mol. The van der Waals surface area contributed by atoms with Crippen molar-refractivity contribution in [1.82, 2.24) is 0 Å². The van der Waals surface area contributed by atoms with Crippen molar-refractivity contribution in [1.29, 1.82) is 0 Å². The van der Waals surface area contributed by atoms with E-state index in [1.54, 1.807) is 31.2 Å². The number of esters is 1. The van der Waals surface area contributed by atoms with Gasteiger partial charge in [0.25, 0.3) is 0 Å². The lowest BCUT2D eigenvalue weighted by molar-refractivity contribution is 0.0522. The van der Waals surface area contributed by atoms with Crippen LogP contribution in [0.2, 0.25) is 10.0 Å². The molecule has 0 heterocycles. The second kappa shape index (κ2) is 7.34. The molecule has 0 aliphatic rings. The van der Waals surface area contributed by atoms with E-state index in [9.17, 15) is 13.2 Å². The first-order chi connectivity index (χ1) is 10.8. The van der Waals surface area contributed by atoms with E-state index in [-0.39, 0.29) is 27.8 Å². The lowest BCUT2D eigenvalue weighted by atomic mass is 10.2. The molecule has 0 saturated carbocycles. The molecule has 0 saturated heterocycles. The monoisotopic (exact) mass is 372 g/mol. The van der Waals surface area contributed by atoms with Crippen LogP contribution < -0.4 is 0 Å². The van der Waals surface area contributed by atoms with Gasteiger partial charge in [-0.3, -0.25) is 0 Å². The van der Waals surface area contributed by atoms with Crippen LogP contribution in [-0.2, 0) is 20.3 Å². The molecule has 0 atom stereocenters. The smallest absolute Gasteiger partial charge is 0.339 e. The van der Waals surface area contributed by atoms with Gasteiger partial charge in [0.2, 0.25) is 0 Å². The molecular weight excluding hydrogens is 359 g/mol. The molecule has 0 spiro atoms. The minimum absolute atomic E-state index is 0.0134. The first kappa shape index (κ1) is 17.8. The zero-order valence-electron chi connectivity index (χ0n) is 12.3. The Balaban J connectivity index is 2.42. The van der Waals surface area contributed by atoms with Gasteiger partial charge in [-0.25, -0.2) is 13.2 Å². The summed E-state index contributed by atoms with van der Waals surface area (Å²) in [5.41, 5.74) is 0.425. The Morgan fingerprint density at radius 1 is 1.13 bits per heavy atom. The van der Waals surface area contributed by atoms with Crippen LogP contribution in [0.4, 0.5) is 0 Å². The van der Waals surface area contributed by atoms with E-state index >= 15 is 0 Å². The number of carbonyl (C=O) groups is 1. The van der Waals surface area contributed by atoms with Crippen molar-refractivity contribution in [3.63, 3.8) is 0 Å². The molecular formula is C16H14Cl2O4S. The minimum atomic E-state index is -3.77. The molecule has 0 amide bonds. The van der Waals surface area contributed by atoms with Crippen molar-refractivity contribution in [3.8, 4) is 0 Å². The summed E-state index contributed by atoms with van der Waals surface area (Å²) in [5, 5.41) is 0.678. The molecule has 0 aromatic heterocycles. The van der Waals surface area contributed by atoms with Crippen molar-refractivity contribution in [2.45, 2.75) is 17.6 Å². The first-order valence-corrected chi connectivity index (χ1v) is 9.19. The summed E-state index contributed by atoms with van der Waals surface area (Å²) >= 11 is 11.8. The van der Waals surface area contributed by atoms with Gasteiger partial charge >= 0.3 is 5.97 Å². The lowest BCUT2D eigenvalue weighted by Crippen LogP contribution is -2.13. The highest BCUT2D eigenvalue weighted by Gasteiger charge is 2.24. The molecule has 0 aliphatic heterocycles. The zero-order valence-corrected chi connectivity index (χ0v) is 14.6. The second-order valence-corrected chi connectivity index (χ2v) is 7.51. The van der Waals surface area contributed by atoms with Crippen LogP contribution in [0.1, 0.15) is 22.8 Å². The fourth-order valence-electron chi connectivity index (χ4n) is 2.04. The van der Waals surface area contributed by atoms with Crippen LogP contribution in [0, 0.1) is 0 Å². The Bertz CT molecular complexity index is 832. The topological polar surface area (TPSA) is 60.4 Å². The third kappa shape index (κ3) is 4.25. The SMILES string of the molecule is CCOC(=O)c1ccccc1S(=O)(=O)Cc1ccc(Cl)cc1Cl. The van der Waals surface area contributed by atoms with Gasteiger partial charge < -0.3 is 4.74 Å². The minimum Gasteiger partial charge on any atom is -0.462 e. The van der Waals surface area contributed by atoms with Crippen LogP contribution in [0.15, 0.2) is 47.4 Å². The molecule has 4 nitrogen and oxygen atoms in total. The molecule has 122 valence electrons. The van der Waals surface area contributed by atoms with E-state index in [2.05, 4.69) is 0 Å². The van der Waals surface area contributed by atoms with E-state index in [0.29, 0.717) is 10.6 Å². The third-order valence-electron chi connectivity index (χ3n) is 3.08. The van der Waals surface area contributed by atoms with Gasteiger partial charge in [-0.05, 0) is 36.8 Å². The molecule has 2 aromatic carbocycles. The van der Waals surface area contributed by atoms with Crippen LogP contribution >= 0.6 is 23.2 Å². The fraction of sp³-hybridized carbons (Fsp3) is 0.188. The van der Waals surface area contributed by atoms with Crippen LogP contribution in [-0.4, -0.2) is 21.0 Å². The molecule has 0 aliphatic carbocycles. The number of rotatable bonds is 5. The Labute approximate surface area is 144 Å². The largest absolute Gasteiger partial charge is 0.462 e. The quantitative estimate of drug-likeness (QED) is 0.739. The highest BCUT2D eigenvalue weighted by molar-refractivity contribution is 7.90. The summed E-state index contributed by atoms with van der Waals surface area (Å²) in [6.07, 6.45) is 0. The van der Waals surface area contributed by atoms with E-state index < -0.39 is 15.8 Å². The number of hydrogen-bond donors (Lipinski definition) is 0. The van der Waals surface area contributed by atoms with Crippen molar-refractivity contribution >= 4 is 39.0 Å². The van der Waals surface area contributed by atoms with Crippen molar-refractivity contribution < 1.29 is 17.9 Å². The maximum Gasteiger partial charge on any atom is 0.339 e. The summed E-state index contributed by atoms with van der Waals surface area (Å²) in [5.74, 6) is -1.01. The maximum absolute atomic E-state index is 12.7. The van der Waals surface area contributed by atoms with E-state index in [4.69, 9.17) is 27.9 Å². The molecule has 0 fully saturated rings. The predicted molar refractivity (Wildman–Crippen MR) is 89.8 cm³/mol. The van der Waals surface area contributed by atoms with Crippen LogP contribution in [0.25, 0.3) is 0 Å². The van der Waals surface area contributed by atoms with E-state index in [1.807, 2.05) is 0 Å². The lowest BCUT2D eigenvalue weighted by Gasteiger charge is -2.11. The number of benzene rings is 2. The maximum atomic E-state index is 12.7. The molecule has 0 N–H and O–H groups in total. The summed E-state index contributed by atoms with van der Waals surface area (Å²) in [4.78, 5) is 11.9. The third-order valence-corrected chi connectivity index (χ3v) is 5.38. The van der Waals surface area contributed by atoms with Crippen molar-refractivity contribution in [2.75, 3.05) is 6.61 Å². The second-order valence-electron chi connectivity index (χ2n) is 4.71. The Kier molecular flexibility index (Phi) is 5.68. The summed E-state index contributed by atoms with van der Waals surface area (Å²) in [7, 11) is -3.77. The Morgan fingerprint density at radius 3 is 2.48 bits per heavy atom. The average Bonchev–Trinajstić information content (AvgIpc) is 2.50. The number of carbonyl (C=O) groups excluding carboxylic acids is 1. The molecule has 0 unspecified atom stereocenters. The number of hydrogen-bond acceptors (Lipinski definition) is 4. The highest BCUT2D eigenvalue weighted by Crippen LogP contribution is 2.27. The van der Waals surface area contributed by atoms with Gasteiger partial charge in [0.05, 0.1) is 22.8 Å². The molecule has 2 aromatic rings. The van der Waals surface area contributed by atoms with Crippen LogP contribution in [0.3, 0.4) is 0 Å². The molecule has 23 heavy (non-hydrogen) atoms. The number of halogens is 2. The standard InChI is InChI=1S/C16H14Cl2O4S/c1-2-22-16(19)13-5-3-4-6-15(13)23(20,21)10-11-7-8-12(17)9-14(11)18/h3-9H,2,10H2,1H3. The van der Waals surface area contributed by atoms with Gasteiger partial charge in [0.1, 0.15) is 0 Å². The molecule has 2 rings (SSSR count). The number of ether oxygens (including phenoxy) is 1. The first-order valence-electron chi connectivity index (χ1n) is 6.78. The molecule has 7 heteroatoms. The van der Waals surface area contributed by atoms with Crippen molar-refractivity contribution in [3.05, 3.63) is 63.6 Å². The van der Waals surface area contributed by atoms with E-state index in [1.165, 1.54) is 18.2 Å². The van der Waals surface area contributed by atoms with Gasteiger partial charge in [0.15, 0.2) is 9.84 Å². The van der Waals surface area contributed by atoms with E-state index in [0.717, 1.165) is 0 Å². The van der Waals surface area contributed by atoms with Gasteiger partial charge in [-0.1, -0.05) is 41.4 Å². The normalized spacial score (nSPS) is 11.3. The van der Waals surface area contributed by atoms with Crippen molar-refractivity contribution in [2.24, 2.45) is 0 Å². The van der Waals surface area contributed by atoms with Gasteiger partial charge in [0, 0.05) is 10.0 Å². The zero-order chi connectivity index (χ0) is 17.0. The summed E-state index contributed by atoms with van der Waals surface area (Å²) < 4.78 is 30.2. The van der Waals surface area contributed by atoms with Gasteiger partial charge in [-0.15, -0.1) is 0 Å². The van der Waals surface area contributed by atoms with Gasteiger partial charge in [-0.2, -0.15) is 0 Å². The molecule has 0 radical (unpaired) electrons. The predicted octanol–water partition coefficient (Wildman–Crippen LogP) is 4.14. The van der Waals surface area contributed by atoms with Crippen LogP contribution in [0.5, 0.6) is 0 Å². The Morgan fingerprint density at radius 2 is 1.83 bits per heavy atom. The Hall–Kier alpha value is -1.56. The molecule has 0 bridgehead atoms. The highest BCUT2D eigenvalue weighted by atomic mass is 35.5. The summed E-state index contributed by atoms with van der Waals surface area (Å²) in [6, 6.07) is 10.5. The number of sulfone groups is 1. The summed E-state index contributed by atoms with van der Waals surface area (Å²) in [6.45, 7) is 1.82. The fourth-order valence-corrected chi connectivity index (χ4v) is 4.18.